The van der Waals surface area contributed by atoms with Crippen molar-refractivity contribution in [1.82, 2.24) is 0 Å². The van der Waals surface area contributed by atoms with Crippen molar-refractivity contribution in [2.75, 3.05) is 5.75 Å². The molecule has 4 aliphatic carbocycles. The van der Waals surface area contributed by atoms with E-state index in [2.05, 4.69) is 0 Å². The number of halogens is 3. The van der Waals surface area contributed by atoms with E-state index in [0.29, 0.717) is 51.7 Å². The molecule has 7 rings (SSSR count). The number of rotatable bonds is 9. The highest BCUT2D eigenvalue weighted by Gasteiger charge is 2.57. The van der Waals surface area contributed by atoms with E-state index in [-0.39, 0.29) is 0 Å². The smallest absolute Gasteiger partial charge is 0.426 e. The fourth-order valence-corrected chi connectivity index (χ4v) is 13.0. The molecule has 10 heteroatoms. The average molecular weight is 619 g/mol. The lowest BCUT2D eigenvalue weighted by Crippen LogP contribution is -2.52. The minimum absolute atomic E-state index is 0.312. The zero-order valence-electron chi connectivity index (χ0n) is 22.9. The number of ether oxygens (including phenoxy) is 1. The lowest BCUT2D eigenvalue weighted by atomic mass is 9.49. The van der Waals surface area contributed by atoms with Crippen molar-refractivity contribution in [3.8, 4) is 0 Å². The van der Waals surface area contributed by atoms with Gasteiger partial charge in [0.1, 0.15) is 5.75 Å². The molecule has 4 saturated carbocycles. The van der Waals surface area contributed by atoms with E-state index >= 15 is 0 Å². The Labute approximate surface area is 246 Å². The first kappa shape index (κ1) is 29.3. The number of carbonyl (C=O) groups is 1. The van der Waals surface area contributed by atoms with Gasteiger partial charge in [0.2, 0.25) is 6.10 Å². The summed E-state index contributed by atoms with van der Waals surface area (Å²) in [5.41, 5.74) is -0.962. The van der Waals surface area contributed by atoms with Crippen molar-refractivity contribution >= 4 is 26.4 Å². The number of benzene rings is 3. The summed E-state index contributed by atoms with van der Waals surface area (Å²) in [5, 5.41) is 0. The molecule has 0 spiro atoms. The molecule has 1 unspecified atom stereocenters. The van der Waals surface area contributed by atoms with Crippen molar-refractivity contribution in [2.45, 2.75) is 65.5 Å². The second-order valence-corrected chi connectivity index (χ2v) is 16.4. The van der Waals surface area contributed by atoms with Crippen LogP contribution in [0, 0.1) is 23.2 Å². The van der Waals surface area contributed by atoms with Gasteiger partial charge in [-0.05, 0) is 103 Å². The molecule has 0 N–H and O–H groups in total. The van der Waals surface area contributed by atoms with Crippen LogP contribution in [0.3, 0.4) is 0 Å². The number of esters is 1. The highest BCUT2D eigenvalue weighted by Crippen LogP contribution is 2.70. The molecular formula is C32H33F3O5S2. The maximum absolute atomic E-state index is 14.4. The Kier molecular flexibility index (Phi) is 7.68. The molecule has 0 aliphatic heterocycles. The van der Waals surface area contributed by atoms with E-state index in [1.165, 1.54) is 0 Å². The van der Waals surface area contributed by atoms with Gasteiger partial charge in [-0.3, -0.25) is 4.79 Å². The molecule has 3 aromatic rings. The van der Waals surface area contributed by atoms with Gasteiger partial charge in [-0.1, -0.05) is 54.6 Å². The molecule has 4 aliphatic rings. The third-order valence-corrected chi connectivity index (χ3v) is 14.0. The molecule has 4 bridgehead atoms. The van der Waals surface area contributed by atoms with Crippen LogP contribution < -0.4 is 0 Å². The summed E-state index contributed by atoms with van der Waals surface area (Å²) in [6.07, 6.45) is -3.41. The molecule has 0 radical (unpaired) electrons. The third kappa shape index (κ3) is 5.61. The van der Waals surface area contributed by atoms with Crippen LogP contribution in [-0.2, 0) is 23.3 Å². The van der Waals surface area contributed by atoms with Gasteiger partial charge in [0.25, 0.3) is 10.1 Å². The number of hydrogen-bond acceptors (Lipinski definition) is 5. The summed E-state index contributed by atoms with van der Waals surface area (Å²) in [6, 6.07) is 25.9. The molecule has 5 nitrogen and oxygen atoms in total. The number of alkyl halides is 3. The SMILES string of the molecule is O=C(OC(CS(=O)(=O)OS(c1ccccc1)(c1ccccc1)c1ccccc1)C(F)(F)F)C12CC3CC(CC(C3)C1)C2. The largest absolute Gasteiger partial charge is 0.451 e. The summed E-state index contributed by atoms with van der Waals surface area (Å²) in [7, 11) is -7.97. The first-order valence-corrected chi connectivity index (χ1v) is 17.3. The normalized spacial score (nSPS) is 26.5. The Balaban J connectivity index is 1.34. The van der Waals surface area contributed by atoms with Crippen LogP contribution in [0.1, 0.15) is 38.5 Å². The van der Waals surface area contributed by atoms with Crippen molar-refractivity contribution < 1.29 is 34.7 Å². The fourth-order valence-electron chi connectivity index (χ4n) is 7.54. The maximum atomic E-state index is 14.4. The minimum Gasteiger partial charge on any atom is -0.451 e. The van der Waals surface area contributed by atoms with Crippen molar-refractivity contribution in [3.05, 3.63) is 91.0 Å². The molecule has 0 heterocycles. The average Bonchev–Trinajstić information content (AvgIpc) is 2.96. The monoisotopic (exact) mass is 618 g/mol. The van der Waals surface area contributed by atoms with E-state index in [0.717, 1.165) is 19.3 Å². The van der Waals surface area contributed by atoms with Crippen LogP contribution >= 0.6 is 10.3 Å². The zero-order chi connectivity index (χ0) is 29.6. The Morgan fingerprint density at radius 3 is 1.48 bits per heavy atom. The fraction of sp³-hybridized carbons (Fsp3) is 0.406. The van der Waals surface area contributed by atoms with Crippen LogP contribution in [0.4, 0.5) is 13.2 Å². The highest BCUT2D eigenvalue weighted by atomic mass is 32.3. The first-order valence-electron chi connectivity index (χ1n) is 14.2. The van der Waals surface area contributed by atoms with Gasteiger partial charge >= 0.3 is 12.1 Å². The van der Waals surface area contributed by atoms with E-state index in [9.17, 15) is 26.4 Å². The van der Waals surface area contributed by atoms with Gasteiger partial charge in [-0.25, -0.2) is 3.63 Å². The van der Waals surface area contributed by atoms with Crippen LogP contribution in [0.15, 0.2) is 106 Å². The van der Waals surface area contributed by atoms with Crippen LogP contribution in [0.25, 0.3) is 0 Å². The molecule has 0 aromatic heterocycles. The van der Waals surface area contributed by atoms with Gasteiger partial charge in [-0.2, -0.15) is 21.6 Å². The van der Waals surface area contributed by atoms with Gasteiger partial charge in [0.05, 0.1) is 5.41 Å². The van der Waals surface area contributed by atoms with Crippen LogP contribution in [-0.4, -0.2) is 32.4 Å². The minimum atomic E-state index is -5.10. The van der Waals surface area contributed by atoms with Gasteiger partial charge in [0, 0.05) is 14.7 Å². The van der Waals surface area contributed by atoms with E-state index in [4.69, 9.17) is 8.37 Å². The molecule has 1 atom stereocenters. The predicted octanol–water partition coefficient (Wildman–Crippen LogP) is 7.92. The van der Waals surface area contributed by atoms with E-state index in [1.807, 2.05) is 0 Å². The second-order valence-electron chi connectivity index (χ2n) is 11.9. The van der Waals surface area contributed by atoms with E-state index < -0.39 is 49.8 Å². The van der Waals surface area contributed by atoms with Gasteiger partial charge in [0.15, 0.2) is 0 Å². The Morgan fingerprint density at radius 1 is 0.738 bits per heavy atom. The van der Waals surface area contributed by atoms with Crippen molar-refractivity contribution in [1.29, 1.82) is 0 Å². The molecule has 4 fully saturated rings. The maximum Gasteiger partial charge on any atom is 0.426 e. The van der Waals surface area contributed by atoms with Gasteiger partial charge < -0.3 is 4.74 Å². The number of hydrogen-bond donors (Lipinski definition) is 0. The lowest BCUT2D eigenvalue weighted by Gasteiger charge is -2.55. The summed E-state index contributed by atoms with van der Waals surface area (Å²) < 4.78 is 81.9. The molecule has 3 aromatic carbocycles. The zero-order valence-corrected chi connectivity index (χ0v) is 24.5. The van der Waals surface area contributed by atoms with Crippen molar-refractivity contribution in [3.63, 3.8) is 0 Å². The summed E-state index contributed by atoms with van der Waals surface area (Å²) >= 11 is 0. The Hall–Kier alpha value is -2.82. The molecule has 224 valence electrons. The first-order chi connectivity index (χ1) is 20.0. The Morgan fingerprint density at radius 2 is 1.12 bits per heavy atom. The quantitative estimate of drug-likeness (QED) is 0.228. The summed E-state index contributed by atoms with van der Waals surface area (Å²) in [4.78, 5) is 14.9. The lowest BCUT2D eigenvalue weighted by molar-refractivity contribution is -0.226. The molecule has 0 saturated heterocycles. The summed E-state index contributed by atoms with van der Waals surface area (Å²) in [6.45, 7) is 0. The molecule has 0 amide bonds. The van der Waals surface area contributed by atoms with Crippen molar-refractivity contribution in [2.24, 2.45) is 23.2 Å². The van der Waals surface area contributed by atoms with Crippen LogP contribution in [0.5, 0.6) is 0 Å². The second kappa shape index (κ2) is 11.0. The Bertz CT molecular complexity index is 1380. The highest BCUT2D eigenvalue weighted by molar-refractivity contribution is 8.33. The molecule has 42 heavy (non-hydrogen) atoms. The predicted molar refractivity (Wildman–Crippen MR) is 153 cm³/mol. The van der Waals surface area contributed by atoms with Crippen LogP contribution in [0.2, 0.25) is 0 Å². The number of carbonyl (C=O) groups excluding carboxylic acids is 1. The topological polar surface area (TPSA) is 69.7 Å². The third-order valence-electron chi connectivity index (χ3n) is 8.87. The van der Waals surface area contributed by atoms with E-state index in [1.54, 1.807) is 91.0 Å². The summed E-state index contributed by atoms with van der Waals surface area (Å²) in [5.74, 6) is -1.52. The standard InChI is InChI=1S/C32H33F3O5S2/c33-32(34,35)29(39-30(36)31-19-23-16-24(20-31)18-25(17-23)21-31)22-41(37,38)40-42(26-10-4-1-5-11-26,27-12-6-2-7-13-27)28-14-8-3-9-15-28/h1-15,23-25,29H,16-22H2. The molecular weight excluding hydrogens is 585 g/mol. The van der Waals surface area contributed by atoms with Gasteiger partial charge in [-0.15, -0.1) is 0 Å².